The first-order valence-corrected chi connectivity index (χ1v) is 3.88. The summed E-state index contributed by atoms with van der Waals surface area (Å²) in [4.78, 5) is 11.0. The summed E-state index contributed by atoms with van der Waals surface area (Å²) in [5.74, 6) is 1.87. The molecule has 1 N–H and O–H groups in total. The first-order chi connectivity index (χ1) is 4.66. The summed E-state index contributed by atoms with van der Waals surface area (Å²) < 4.78 is 0. The maximum Gasteiger partial charge on any atom is 0.223 e. The van der Waals surface area contributed by atoms with Crippen LogP contribution in [0.5, 0.6) is 0 Å². The van der Waals surface area contributed by atoms with Crippen molar-refractivity contribution in [3.63, 3.8) is 0 Å². The van der Waals surface area contributed by atoms with Crippen molar-refractivity contribution in [2.24, 2.45) is 17.8 Å². The minimum Gasteiger partial charge on any atom is -0.359 e. The molecule has 2 nitrogen and oxygen atoms in total. The molecule has 2 atom stereocenters. The third-order valence-electron chi connectivity index (χ3n) is 2.28. The molecule has 1 rings (SSSR count). The summed E-state index contributed by atoms with van der Waals surface area (Å²) in [6.07, 6.45) is 1.09. The highest BCUT2D eigenvalue weighted by Gasteiger charge is 2.43. The van der Waals surface area contributed by atoms with E-state index in [0.717, 1.165) is 6.42 Å². The molecule has 0 bridgehead atoms. The van der Waals surface area contributed by atoms with Crippen molar-refractivity contribution in [1.82, 2.24) is 5.32 Å². The second-order valence-corrected chi connectivity index (χ2v) is 3.36. The summed E-state index contributed by atoms with van der Waals surface area (Å²) in [7, 11) is 1.71. The first kappa shape index (κ1) is 7.58. The zero-order valence-corrected chi connectivity index (χ0v) is 6.85. The first-order valence-electron chi connectivity index (χ1n) is 3.88. The Morgan fingerprint density at radius 1 is 1.60 bits per heavy atom. The summed E-state index contributed by atoms with van der Waals surface area (Å²) in [5, 5.41) is 2.67. The van der Waals surface area contributed by atoms with Crippen LogP contribution in [-0.4, -0.2) is 13.0 Å². The van der Waals surface area contributed by atoms with E-state index in [4.69, 9.17) is 0 Å². The zero-order valence-electron chi connectivity index (χ0n) is 6.85. The molecule has 0 aromatic heterocycles. The second kappa shape index (κ2) is 2.60. The highest BCUT2D eigenvalue weighted by molar-refractivity contribution is 5.81. The van der Waals surface area contributed by atoms with Gasteiger partial charge < -0.3 is 5.32 Å². The monoisotopic (exact) mass is 141 g/mol. The van der Waals surface area contributed by atoms with E-state index in [1.165, 1.54) is 0 Å². The Morgan fingerprint density at radius 2 is 2.20 bits per heavy atom. The van der Waals surface area contributed by atoms with Crippen LogP contribution < -0.4 is 5.32 Å². The van der Waals surface area contributed by atoms with Crippen LogP contribution in [0.1, 0.15) is 20.3 Å². The molecule has 0 aromatic carbocycles. The third-order valence-corrected chi connectivity index (χ3v) is 2.28. The molecule has 1 amide bonds. The minimum atomic E-state index is 0.221. The van der Waals surface area contributed by atoms with Gasteiger partial charge in [0.05, 0.1) is 0 Å². The number of carbonyl (C=O) groups excluding carboxylic acids is 1. The van der Waals surface area contributed by atoms with Gasteiger partial charge >= 0.3 is 0 Å². The fourth-order valence-corrected chi connectivity index (χ4v) is 1.44. The number of nitrogens with one attached hydrogen (secondary N) is 1. The summed E-state index contributed by atoms with van der Waals surface area (Å²) in [5.41, 5.74) is 0. The van der Waals surface area contributed by atoms with Crippen LogP contribution in [0.3, 0.4) is 0 Å². The van der Waals surface area contributed by atoms with Gasteiger partial charge in [0, 0.05) is 13.0 Å². The SMILES string of the molecule is CNC(=O)[C@H]1C[C@@H]1C(C)C. The molecule has 0 heterocycles. The molecule has 0 radical (unpaired) electrons. The quantitative estimate of drug-likeness (QED) is 0.611. The molecule has 58 valence electrons. The molecule has 0 unspecified atom stereocenters. The smallest absolute Gasteiger partial charge is 0.223 e. The standard InChI is InChI=1S/C8H15NO/c1-5(2)6-4-7(6)8(10)9-3/h5-7H,4H2,1-3H3,(H,9,10)/t6-,7+/m1/s1. The Balaban J connectivity index is 2.31. The predicted octanol–water partition coefficient (Wildman–Crippen LogP) is 1.02. The maximum absolute atomic E-state index is 11.0. The zero-order chi connectivity index (χ0) is 7.72. The van der Waals surface area contributed by atoms with Crippen LogP contribution in [0.2, 0.25) is 0 Å². The molecule has 0 spiro atoms. The van der Waals surface area contributed by atoms with Crippen LogP contribution in [-0.2, 0) is 4.79 Å². The van der Waals surface area contributed by atoms with Crippen LogP contribution in [0.25, 0.3) is 0 Å². The van der Waals surface area contributed by atoms with Gasteiger partial charge in [-0.25, -0.2) is 0 Å². The molecule has 0 saturated heterocycles. The Hall–Kier alpha value is -0.530. The van der Waals surface area contributed by atoms with E-state index in [0.29, 0.717) is 17.8 Å². The summed E-state index contributed by atoms with van der Waals surface area (Å²) in [6.45, 7) is 4.35. The Morgan fingerprint density at radius 3 is 2.50 bits per heavy atom. The van der Waals surface area contributed by atoms with Gasteiger partial charge in [-0.05, 0) is 18.3 Å². The van der Waals surface area contributed by atoms with Gasteiger partial charge in [0.1, 0.15) is 0 Å². The molecular weight excluding hydrogens is 126 g/mol. The average molecular weight is 141 g/mol. The molecule has 1 aliphatic rings. The second-order valence-electron chi connectivity index (χ2n) is 3.36. The van der Waals surface area contributed by atoms with Crippen LogP contribution in [0.15, 0.2) is 0 Å². The van der Waals surface area contributed by atoms with Crippen molar-refractivity contribution in [1.29, 1.82) is 0 Å². The molecule has 10 heavy (non-hydrogen) atoms. The molecule has 2 heteroatoms. The van der Waals surface area contributed by atoms with Crippen molar-refractivity contribution in [2.75, 3.05) is 7.05 Å². The number of rotatable bonds is 2. The van der Waals surface area contributed by atoms with E-state index in [-0.39, 0.29) is 5.91 Å². The van der Waals surface area contributed by atoms with Crippen molar-refractivity contribution in [3.8, 4) is 0 Å². The van der Waals surface area contributed by atoms with Gasteiger partial charge in [-0.2, -0.15) is 0 Å². The topological polar surface area (TPSA) is 29.1 Å². The molecule has 1 fully saturated rings. The van der Waals surface area contributed by atoms with Gasteiger partial charge in [0.25, 0.3) is 0 Å². The Kier molecular flexibility index (Phi) is 1.97. The minimum absolute atomic E-state index is 0.221. The van der Waals surface area contributed by atoms with Crippen molar-refractivity contribution in [3.05, 3.63) is 0 Å². The van der Waals surface area contributed by atoms with E-state index < -0.39 is 0 Å². The lowest BCUT2D eigenvalue weighted by Gasteiger charge is -2.01. The molecular formula is C8H15NO. The van der Waals surface area contributed by atoms with Gasteiger partial charge in [-0.15, -0.1) is 0 Å². The third kappa shape index (κ3) is 1.31. The number of hydrogen-bond acceptors (Lipinski definition) is 1. The normalized spacial score (nSPS) is 30.4. The van der Waals surface area contributed by atoms with Crippen LogP contribution >= 0.6 is 0 Å². The predicted molar refractivity (Wildman–Crippen MR) is 40.5 cm³/mol. The van der Waals surface area contributed by atoms with Gasteiger partial charge in [-0.3, -0.25) is 4.79 Å². The van der Waals surface area contributed by atoms with Crippen LogP contribution in [0, 0.1) is 17.8 Å². The summed E-state index contributed by atoms with van der Waals surface area (Å²) >= 11 is 0. The Labute approximate surface area is 62.0 Å². The molecule has 1 saturated carbocycles. The number of hydrogen-bond donors (Lipinski definition) is 1. The van der Waals surface area contributed by atoms with E-state index in [2.05, 4.69) is 19.2 Å². The fraction of sp³-hybridized carbons (Fsp3) is 0.875. The van der Waals surface area contributed by atoms with Crippen molar-refractivity contribution >= 4 is 5.91 Å². The van der Waals surface area contributed by atoms with Gasteiger partial charge in [0.2, 0.25) is 5.91 Å². The molecule has 0 aliphatic heterocycles. The van der Waals surface area contributed by atoms with E-state index in [9.17, 15) is 4.79 Å². The highest BCUT2D eigenvalue weighted by atomic mass is 16.1. The lowest BCUT2D eigenvalue weighted by Crippen LogP contribution is -2.21. The molecule has 0 aromatic rings. The maximum atomic E-state index is 11.0. The largest absolute Gasteiger partial charge is 0.359 e. The summed E-state index contributed by atoms with van der Waals surface area (Å²) in [6, 6.07) is 0. The van der Waals surface area contributed by atoms with E-state index in [1.54, 1.807) is 7.05 Å². The van der Waals surface area contributed by atoms with Gasteiger partial charge in [0.15, 0.2) is 0 Å². The van der Waals surface area contributed by atoms with Gasteiger partial charge in [-0.1, -0.05) is 13.8 Å². The van der Waals surface area contributed by atoms with Crippen LogP contribution in [0.4, 0.5) is 0 Å². The average Bonchev–Trinajstić information content (AvgIpc) is 2.64. The fourth-order valence-electron chi connectivity index (χ4n) is 1.44. The lowest BCUT2D eigenvalue weighted by atomic mass is 10.1. The Bertz CT molecular complexity index is 142. The number of carbonyl (C=O) groups is 1. The van der Waals surface area contributed by atoms with Crippen molar-refractivity contribution in [2.45, 2.75) is 20.3 Å². The van der Waals surface area contributed by atoms with E-state index >= 15 is 0 Å². The number of amides is 1. The van der Waals surface area contributed by atoms with Crippen molar-refractivity contribution < 1.29 is 4.79 Å². The molecule has 1 aliphatic carbocycles. The lowest BCUT2D eigenvalue weighted by molar-refractivity contribution is -0.122. The van der Waals surface area contributed by atoms with E-state index in [1.807, 2.05) is 0 Å². The highest BCUT2D eigenvalue weighted by Crippen LogP contribution is 2.43.